The van der Waals surface area contributed by atoms with E-state index < -0.39 is 0 Å². The SMILES string of the molecule is C#CC#CCC/C=C/C=C/C(=O)NCC(C)C. The Kier molecular flexibility index (Phi) is 9.38. The topological polar surface area (TPSA) is 29.1 Å². The molecule has 0 bridgehead atoms. The molecule has 0 unspecified atom stereocenters. The summed E-state index contributed by atoms with van der Waals surface area (Å²) in [6, 6.07) is 0. The Morgan fingerprint density at radius 3 is 2.82 bits per heavy atom. The average molecular weight is 229 g/mol. The molecule has 0 spiro atoms. The van der Waals surface area contributed by atoms with E-state index in [9.17, 15) is 4.79 Å². The number of carbonyl (C=O) groups excluding carboxylic acids is 1. The van der Waals surface area contributed by atoms with Gasteiger partial charge in [-0.1, -0.05) is 38.0 Å². The zero-order chi connectivity index (χ0) is 12.9. The Bertz CT molecular complexity index is 372. The summed E-state index contributed by atoms with van der Waals surface area (Å²) in [6.07, 6.45) is 13.6. The summed E-state index contributed by atoms with van der Waals surface area (Å²) in [5.41, 5.74) is 0. The third-order valence-corrected chi connectivity index (χ3v) is 1.78. The summed E-state index contributed by atoms with van der Waals surface area (Å²) in [7, 11) is 0. The molecule has 90 valence electrons. The van der Waals surface area contributed by atoms with Crippen LogP contribution in [0.5, 0.6) is 0 Å². The Balaban J connectivity index is 3.68. The van der Waals surface area contributed by atoms with E-state index in [1.54, 1.807) is 6.08 Å². The van der Waals surface area contributed by atoms with Gasteiger partial charge in [0.15, 0.2) is 0 Å². The highest BCUT2D eigenvalue weighted by atomic mass is 16.1. The molecule has 0 aliphatic rings. The van der Waals surface area contributed by atoms with Gasteiger partial charge in [0, 0.05) is 19.0 Å². The number of amides is 1. The van der Waals surface area contributed by atoms with Crippen molar-refractivity contribution in [3.63, 3.8) is 0 Å². The van der Waals surface area contributed by atoms with Crippen molar-refractivity contribution in [3.05, 3.63) is 24.3 Å². The highest BCUT2D eigenvalue weighted by molar-refractivity contribution is 5.87. The van der Waals surface area contributed by atoms with Crippen LogP contribution < -0.4 is 5.32 Å². The summed E-state index contributed by atoms with van der Waals surface area (Å²) in [5, 5.41) is 2.80. The molecule has 0 heterocycles. The second-order valence-corrected chi connectivity index (χ2v) is 3.91. The van der Waals surface area contributed by atoms with Gasteiger partial charge in [-0.05, 0) is 24.2 Å². The van der Waals surface area contributed by atoms with E-state index in [4.69, 9.17) is 6.42 Å². The Hall–Kier alpha value is -1.93. The molecule has 0 atom stereocenters. The van der Waals surface area contributed by atoms with Gasteiger partial charge in [0.1, 0.15) is 0 Å². The molecule has 0 saturated heterocycles. The molecule has 0 aromatic carbocycles. The molecule has 1 N–H and O–H groups in total. The van der Waals surface area contributed by atoms with E-state index in [2.05, 4.69) is 36.9 Å². The molecular weight excluding hydrogens is 210 g/mol. The van der Waals surface area contributed by atoms with Crippen LogP contribution in [-0.4, -0.2) is 12.5 Å². The molecule has 0 aromatic rings. The van der Waals surface area contributed by atoms with E-state index in [0.717, 1.165) is 12.8 Å². The Morgan fingerprint density at radius 1 is 1.41 bits per heavy atom. The van der Waals surface area contributed by atoms with Crippen molar-refractivity contribution in [2.24, 2.45) is 5.92 Å². The first-order valence-electron chi connectivity index (χ1n) is 5.71. The summed E-state index contributed by atoms with van der Waals surface area (Å²) < 4.78 is 0. The number of carbonyl (C=O) groups is 1. The van der Waals surface area contributed by atoms with Gasteiger partial charge >= 0.3 is 0 Å². The quantitative estimate of drug-likeness (QED) is 0.322. The van der Waals surface area contributed by atoms with Crippen LogP contribution in [0.25, 0.3) is 0 Å². The first kappa shape index (κ1) is 15.1. The lowest BCUT2D eigenvalue weighted by Crippen LogP contribution is -2.25. The minimum absolute atomic E-state index is 0.0597. The third-order valence-electron chi connectivity index (χ3n) is 1.78. The van der Waals surface area contributed by atoms with E-state index in [0.29, 0.717) is 12.5 Å². The summed E-state index contributed by atoms with van der Waals surface area (Å²) in [5.74, 6) is 8.04. The van der Waals surface area contributed by atoms with E-state index >= 15 is 0 Å². The first-order chi connectivity index (χ1) is 8.16. The second-order valence-electron chi connectivity index (χ2n) is 3.91. The summed E-state index contributed by atoms with van der Waals surface area (Å²) >= 11 is 0. The van der Waals surface area contributed by atoms with Gasteiger partial charge in [-0.3, -0.25) is 4.79 Å². The third kappa shape index (κ3) is 12.0. The largest absolute Gasteiger partial charge is 0.352 e. The summed E-state index contributed by atoms with van der Waals surface area (Å²) in [6.45, 7) is 4.82. The van der Waals surface area contributed by atoms with Gasteiger partial charge in [0.25, 0.3) is 0 Å². The van der Waals surface area contributed by atoms with Crippen molar-refractivity contribution < 1.29 is 4.79 Å². The number of nitrogens with one attached hydrogen (secondary N) is 1. The van der Waals surface area contributed by atoms with Crippen molar-refractivity contribution in [1.82, 2.24) is 5.32 Å². The van der Waals surface area contributed by atoms with Crippen molar-refractivity contribution in [2.75, 3.05) is 6.54 Å². The number of terminal acetylenes is 1. The first-order valence-corrected chi connectivity index (χ1v) is 5.71. The van der Waals surface area contributed by atoms with Crippen molar-refractivity contribution in [1.29, 1.82) is 0 Å². The van der Waals surface area contributed by atoms with Crippen molar-refractivity contribution >= 4 is 5.91 Å². The fourth-order valence-corrected chi connectivity index (χ4v) is 0.950. The zero-order valence-corrected chi connectivity index (χ0v) is 10.5. The van der Waals surface area contributed by atoms with Crippen LogP contribution in [0, 0.1) is 30.1 Å². The molecule has 1 amide bonds. The van der Waals surface area contributed by atoms with Crippen LogP contribution in [0.1, 0.15) is 26.7 Å². The smallest absolute Gasteiger partial charge is 0.243 e. The number of allylic oxidation sites excluding steroid dienone is 3. The highest BCUT2D eigenvalue weighted by Gasteiger charge is 1.95. The number of rotatable bonds is 6. The molecule has 0 fully saturated rings. The van der Waals surface area contributed by atoms with Gasteiger partial charge in [-0.15, -0.1) is 6.42 Å². The van der Waals surface area contributed by atoms with Crippen LogP contribution in [-0.2, 0) is 4.79 Å². The van der Waals surface area contributed by atoms with E-state index in [1.807, 2.05) is 12.2 Å². The molecule has 0 aromatic heterocycles. The normalized spacial score (nSPS) is 10.2. The van der Waals surface area contributed by atoms with Crippen LogP contribution in [0.4, 0.5) is 0 Å². The Labute approximate surface area is 104 Å². The predicted molar refractivity (Wildman–Crippen MR) is 72.0 cm³/mol. The van der Waals surface area contributed by atoms with Gasteiger partial charge in [0.05, 0.1) is 0 Å². The van der Waals surface area contributed by atoms with Crippen molar-refractivity contribution in [2.45, 2.75) is 26.7 Å². The molecule has 0 saturated carbocycles. The average Bonchev–Trinajstić information content (AvgIpc) is 2.30. The lowest BCUT2D eigenvalue weighted by atomic mass is 10.2. The monoisotopic (exact) mass is 229 g/mol. The number of hydrogen-bond donors (Lipinski definition) is 1. The summed E-state index contributed by atoms with van der Waals surface area (Å²) in [4.78, 5) is 11.2. The van der Waals surface area contributed by atoms with E-state index in [1.165, 1.54) is 6.08 Å². The fraction of sp³-hybridized carbons (Fsp3) is 0.400. The van der Waals surface area contributed by atoms with Gasteiger partial charge in [-0.2, -0.15) is 0 Å². The minimum atomic E-state index is -0.0597. The zero-order valence-electron chi connectivity index (χ0n) is 10.5. The number of hydrogen-bond acceptors (Lipinski definition) is 1. The maximum Gasteiger partial charge on any atom is 0.243 e. The van der Waals surface area contributed by atoms with Crippen LogP contribution in [0.2, 0.25) is 0 Å². The predicted octanol–water partition coefficient (Wildman–Crippen LogP) is 2.29. The minimum Gasteiger partial charge on any atom is -0.352 e. The molecule has 0 radical (unpaired) electrons. The van der Waals surface area contributed by atoms with Crippen molar-refractivity contribution in [3.8, 4) is 24.2 Å². The lowest BCUT2D eigenvalue weighted by Gasteiger charge is -2.03. The molecule has 0 aliphatic carbocycles. The number of unbranched alkanes of at least 4 members (excludes halogenated alkanes) is 1. The van der Waals surface area contributed by atoms with Crippen LogP contribution >= 0.6 is 0 Å². The Morgan fingerprint density at radius 2 is 2.18 bits per heavy atom. The van der Waals surface area contributed by atoms with E-state index in [-0.39, 0.29) is 5.91 Å². The second kappa shape index (κ2) is 10.6. The molecule has 2 nitrogen and oxygen atoms in total. The molecule has 17 heavy (non-hydrogen) atoms. The van der Waals surface area contributed by atoms with Gasteiger partial charge < -0.3 is 5.32 Å². The van der Waals surface area contributed by atoms with Crippen LogP contribution in [0.15, 0.2) is 24.3 Å². The maximum atomic E-state index is 11.2. The van der Waals surface area contributed by atoms with Gasteiger partial charge in [0.2, 0.25) is 5.91 Å². The fourth-order valence-electron chi connectivity index (χ4n) is 0.950. The lowest BCUT2D eigenvalue weighted by molar-refractivity contribution is -0.116. The molecular formula is C15H19NO. The van der Waals surface area contributed by atoms with Gasteiger partial charge in [-0.25, -0.2) is 0 Å². The maximum absolute atomic E-state index is 11.2. The highest BCUT2D eigenvalue weighted by Crippen LogP contribution is 1.90. The van der Waals surface area contributed by atoms with Crippen LogP contribution in [0.3, 0.4) is 0 Å². The molecule has 0 rings (SSSR count). The molecule has 0 aliphatic heterocycles. The molecule has 2 heteroatoms. The standard InChI is InChI=1S/C15H19NO/c1-4-5-6-7-8-9-10-11-12-15(17)16-13-14(2)3/h1,9-12,14H,7-8,13H2,2-3H3,(H,16,17)/b10-9+,12-11+.